The molecular formula is C20H32N4O3. The van der Waals surface area contributed by atoms with E-state index >= 15 is 0 Å². The van der Waals surface area contributed by atoms with Crippen LogP contribution in [0.15, 0.2) is 18.2 Å². The molecule has 0 radical (unpaired) electrons. The van der Waals surface area contributed by atoms with Crippen LogP contribution in [0.4, 0.5) is 16.2 Å². The van der Waals surface area contributed by atoms with E-state index in [1.54, 1.807) is 16.7 Å². The van der Waals surface area contributed by atoms with E-state index in [0.29, 0.717) is 18.8 Å². The molecule has 7 heteroatoms. The second-order valence-corrected chi connectivity index (χ2v) is 7.45. The fourth-order valence-corrected chi connectivity index (χ4v) is 3.62. The molecule has 0 saturated carbocycles. The molecule has 2 unspecified atom stereocenters. The van der Waals surface area contributed by atoms with Crippen LogP contribution in [-0.4, -0.2) is 50.3 Å². The first-order chi connectivity index (χ1) is 12.7. The summed E-state index contributed by atoms with van der Waals surface area (Å²) >= 11 is 0. The molecule has 2 rings (SSSR count). The first-order valence-electron chi connectivity index (χ1n) is 9.50. The topological polar surface area (TPSA) is 87.9 Å². The van der Waals surface area contributed by atoms with Crippen LogP contribution in [0.5, 0.6) is 0 Å². The Balaban J connectivity index is 2.54. The van der Waals surface area contributed by atoms with Gasteiger partial charge in [0.1, 0.15) is 0 Å². The number of benzene rings is 1. The third-order valence-electron chi connectivity index (χ3n) is 5.07. The van der Waals surface area contributed by atoms with Gasteiger partial charge in [-0.1, -0.05) is 6.07 Å². The summed E-state index contributed by atoms with van der Waals surface area (Å²) in [5.41, 5.74) is 8.44. The maximum absolute atomic E-state index is 12.7. The number of hydrogen-bond donors (Lipinski definition) is 2. The van der Waals surface area contributed by atoms with E-state index < -0.39 is 6.09 Å². The number of hydrogen-bond acceptors (Lipinski definition) is 5. The van der Waals surface area contributed by atoms with Gasteiger partial charge in [-0.15, -0.1) is 0 Å². The third-order valence-corrected chi connectivity index (χ3v) is 5.07. The summed E-state index contributed by atoms with van der Waals surface area (Å²) in [6, 6.07) is 5.90. The van der Waals surface area contributed by atoms with Gasteiger partial charge in [-0.25, -0.2) is 4.79 Å². The lowest BCUT2D eigenvalue weighted by Crippen LogP contribution is -2.51. The molecule has 0 aliphatic carbocycles. The number of nitrogens with one attached hydrogen (secondary N) is 1. The van der Waals surface area contributed by atoms with Crippen LogP contribution in [0.1, 0.15) is 46.1 Å². The van der Waals surface area contributed by atoms with E-state index in [1.807, 2.05) is 46.0 Å². The van der Waals surface area contributed by atoms with Crippen molar-refractivity contribution in [2.75, 3.05) is 29.9 Å². The lowest BCUT2D eigenvalue weighted by atomic mass is 9.91. The van der Waals surface area contributed by atoms with Gasteiger partial charge in [0, 0.05) is 32.0 Å². The molecule has 0 fully saturated rings. The monoisotopic (exact) mass is 376 g/mol. The van der Waals surface area contributed by atoms with Crippen LogP contribution in [0.25, 0.3) is 0 Å². The predicted octanol–water partition coefficient (Wildman–Crippen LogP) is 2.44. The first-order valence-corrected chi connectivity index (χ1v) is 9.50. The molecule has 3 N–H and O–H groups in total. The third kappa shape index (κ3) is 4.42. The summed E-state index contributed by atoms with van der Waals surface area (Å²) in [4.78, 5) is 28.3. The van der Waals surface area contributed by atoms with Crippen LogP contribution in [0, 0.1) is 0 Å². The molecule has 27 heavy (non-hydrogen) atoms. The van der Waals surface area contributed by atoms with Crippen LogP contribution >= 0.6 is 0 Å². The zero-order valence-corrected chi connectivity index (χ0v) is 17.2. The summed E-state index contributed by atoms with van der Waals surface area (Å²) in [7, 11) is 1.90. The predicted molar refractivity (Wildman–Crippen MR) is 108 cm³/mol. The van der Waals surface area contributed by atoms with E-state index in [4.69, 9.17) is 10.5 Å². The minimum Gasteiger partial charge on any atom is -0.446 e. The number of ether oxygens (including phenoxy) is 1. The van der Waals surface area contributed by atoms with Crippen molar-refractivity contribution in [3.05, 3.63) is 23.8 Å². The Hall–Kier alpha value is -2.12. The number of carbonyl (C=O) groups is 2. The molecule has 1 aliphatic rings. The van der Waals surface area contributed by atoms with Gasteiger partial charge in [-0.3, -0.25) is 9.69 Å². The average molecular weight is 377 g/mol. The Morgan fingerprint density at radius 2 is 1.96 bits per heavy atom. The number of nitrogens with two attached hydrogens (primary N) is 1. The van der Waals surface area contributed by atoms with Gasteiger partial charge in [0.2, 0.25) is 5.91 Å². The molecule has 0 spiro atoms. The van der Waals surface area contributed by atoms with Gasteiger partial charge in [0.15, 0.2) is 0 Å². The summed E-state index contributed by atoms with van der Waals surface area (Å²) in [5, 5.41) is 3.24. The Kier molecular flexibility index (Phi) is 6.84. The largest absolute Gasteiger partial charge is 0.446 e. The van der Waals surface area contributed by atoms with Gasteiger partial charge in [0.25, 0.3) is 0 Å². The molecule has 1 aromatic rings. The van der Waals surface area contributed by atoms with Crippen LogP contribution in [-0.2, 0) is 9.53 Å². The highest BCUT2D eigenvalue weighted by atomic mass is 16.6. The second-order valence-electron chi connectivity index (χ2n) is 7.45. The molecular weight excluding hydrogens is 344 g/mol. The highest BCUT2D eigenvalue weighted by molar-refractivity contribution is 6.02. The number of amides is 2. The van der Waals surface area contributed by atoms with Crippen LogP contribution < -0.4 is 20.9 Å². The van der Waals surface area contributed by atoms with E-state index in [9.17, 15) is 9.59 Å². The molecule has 1 heterocycles. The van der Waals surface area contributed by atoms with Crippen molar-refractivity contribution in [1.82, 2.24) is 5.32 Å². The standard InChI is InChI=1S/C20H32N4O3/c1-12(2)27-20(26)23-11-13(3)24(15(5)25)18-8-7-16(9-19(18)23)17(10-21)14(4)22-6/h7-9,12-14,17,22H,10-11,21H2,1-6H3/t13-,14?,17?/m0/s1. The zero-order valence-electron chi connectivity index (χ0n) is 17.2. The van der Waals surface area contributed by atoms with Gasteiger partial charge in [-0.05, 0) is 52.4 Å². The number of rotatable bonds is 5. The maximum atomic E-state index is 12.7. The average Bonchev–Trinajstić information content (AvgIpc) is 2.60. The lowest BCUT2D eigenvalue weighted by Gasteiger charge is -2.41. The van der Waals surface area contributed by atoms with Crippen molar-refractivity contribution in [1.29, 1.82) is 0 Å². The number of carbonyl (C=O) groups excluding carboxylic acids is 2. The van der Waals surface area contributed by atoms with Crippen LogP contribution in [0.3, 0.4) is 0 Å². The number of likely N-dealkylation sites (N-methyl/N-ethyl adjacent to an activating group) is 1. The maximum Gasteiger partial charge on any atom is 0.414 e. The number of fused-ring (bicyclic) bond motifs is 1. The fraction of sp³-hybridized carbons (Fsp3) is 0.600. The van der Waals surface area contributed by atoms with E-state index in [-0.39, 0.29) is 30.0 Å². The fourth-order valence-electron chi connectivity index (χ4n) is 3.62. The molecule has 1 aliphatic heterocycles. The Labute approximate surface area is 161 Å². The van der Waals surface area contributed by atoms with Crippen molar-refractivity contribution < 1.29 is 14.3 Å². The first kappa shape index (κ1) is 21.2. The molecule has 7 nitrogen and oxygen atoms in total. The van der Waals surface area contributed by atoms with Crippen LogP contribution in [0.2, 0.25) is 0 Å². The molecule has 3 atom stereocenters. The molecule has 0 bridgehead atoms. The SMILES string of the molecule is CNC(C)C(CN)c1ccc2c(c1)N(C(=O)OC(C)C)C[C@H](C)N2C(C)=O. The summed E-state index contributed by atoms with van der Waals surface area (Å²) in [6.45, 7) is 10.1. The summed E-state index contributed by atoms with van der Waals surface area (Å²) in [5.74, 6) is 0.0424. The van der Waals surface area contributed by atoms with Crippen molar-refractivity contribution in [2.24, 2.45) is 5.73 Å². The van der Waals surface area contributed by atoms with Crippen molar-refractivity contribution >= 4 is 23.4 Å². The molecule has 1 aromatic carbocycles. The van der Waals surface area contributed by atoms with E-state index in [2.05, 4.69) is 12.2 Å². The Bertz CT molecular complexity index is 692. The minimum absolute atomic E-state index is 0.0488. The molecule has 0 saturated heterocycles. The molecule has 150 valence electrons. The zero-order chi connectivity index (χ0) is 20.3. The van der Waals surface area contributed by atoms with Gasteiger partial charge in [-0.2, -0.15) is 0 Å². The minimum atomic E-state index is -0.399. The Morgan fingerprint density at radius 3 is 2.48 bits per heavy atom. The summed E-state index contributed by atoms with van der Waals surface area (Å²) in [6.07, 6.45) is -0.615. The normalized spacial score (nSPS) is 18.9. The molecule has 2 amide bonds. The van der Waals surface area contributed by atoms with Gasteiger partial charge >= 0.3 is 6.09 Å². The van der Waals surface area contributed by atoms with Crippen molar-refractivity contribution in [3.63, 3.8) is 0 Å². The highest BCUT2D eigenvalue weighted by Crippen LogP contribution is 2.38. The number of anilines is 2. The summed E-state index contributed by atoms with van der Waals surface area (Å²) < 4.78 is 5.43. The number of nitrogens with zero attached hydrogens (tertiary/aromatic N) is 2. The van der Waals surface area contributed by atoms with Gasteiger partial charge in [0.05, 0.1) is 23.5 Å². The van der Waals surface area contributed by atoms with Crippen molar-refractivity contribution in [2.45, 2.75) is 58.7 Å². The smallest absolute Gasteiger partial charge is 0.414 e. The quantitative estimate of drug-likeness (QED) is 0.824. The van der Waals surface area contributed by atoms with E-state index in [1.165, 1.54) is 0 Å². The molecule has 0 aromatic heterocycles. The Morgan fingerprint density at radius 1 is 1.30 bits per heavy atom. The van der Waals surface area contributed by atoms with Crippen molar-refractivity contribution in [3.8, 4) is 0 Å². The van der Waals surface area contributed by atoms with E-state index in [0.717, 1.165) is 11.3 Å². The van der Waals surface area contributed by atoms with Gasteiger partial charge < -0.3 is 20.7 Å². The second kappa shape index (κ2) is 8.71. The lowest BCUT2D eigenvalue weighted by molar-refractivity contribution is -0.117. The highest BCUT2D eigenvalue weighted by Gasteiger charge is 2.35.